The monoisotopic (exact) mass is 431 g/mol. The van der Waals surface area contributed by atoms with Crippen LogP contribution in [0.5, 0.6) is 11.5 Å². The van der Waals surface area contributed by atoms with Gasteiger partial charge in [0.1, 0.15) is 0 Å². The highest BCUT2D eigenvalue weighted by atomic mass is 35.5. The molecule has 0 amide bonds. The Bertz CT molecular complexity index is 1020. The molecule has 9 heteroatoms. The smallest absolute Gasteiger partial charge is 0.231 e. The number of halogens is 1. The topological polar surface area (TPSA) is 75.5 Å². The summed E-state index contributed by atoms with van der Waals surface area (Å²) in [5, 5.41) is 9.90. The fraction of sp³-hybridized carbons (Fsp3) is 0.250. The molecule has 4 rings (SSSR count). The molecule has 0 spiro atoms. The molecular formula is C20H18ClN3O4S. The summed E-state index contributed by atoms with van der Waals surface area (Å²) in [6.07, 6.45) is 0. The molecule has 150 valence electrons. The number of rotatable bonds is 8. The van der Waals surface area contributed by atoms with Crippen molar-refractivity contribution in [1.82, 2.24) is 14.8 Å². The molecule has 29 heavy (non-hydrogen) atoms. The van der Waals surface area contributed by atoms with E-state index in [0.29, 0.717) is 46.2 Å². The minimum Gasteiger partial charge on any atom is -0.454 e. The molecule has 0 unspecified atom stereocenters. The average Bonchev–Trinajstić information content (AvgIpc) is 3.37. The van der Waals surface area contributed by atoms with Gasteiger partial charge in [-0.3, -0.25) is 9.36 Å². The van der Waals surface area contributed by atoms with Crippen LogP contribution in [0.2, 0.25) is 5.02 Å². The third-order valence-electron chi connectivity index (χ3n) is 4.37. The Balaban J connectivity index is 1.51. The largest absolute Gasteiger partial charge is 0.454 e. The van der Waals surface area contributed by atoms with E-state index in [0.717, 1.165) is 5.56 Å². The number of nitrogens with zero attached hydrogens (tertiary/aromatic N) is 3. The van der Waals surface area contributed by atoms with Gasteiger partial charge in [-0.1, -0.05) is 23.4 Å². The van der Waals surface area contributed by atoms with Crippen molar-refractivity contribution in [2.75, 3.05) is 26.3 Å². The molecule has 0 atom stereocenters. The summed E-state index contributed by atoms with van der Waals surface area (Å²) < 4.78 is 17.8. The second-order valence-electron chi connectivity index (χ2n) is 6.24. The van der Waals surface area contributed by atoms with Crippen LogP contribution in [0.4, 0.5) is 0 Å². The van der Waals surface area contributed by atoms with Crippen molar-refractivity contribution in [3.05, 3.63) is 53.1 Å². The Morgan fingerprint density at radius 1 is 1.17 bits per heavy atom. The van der Waals surface area contributed by atoms with Gasteiger partial charge in [0.15, 0.2) is 28.3 Å². The van der Waals surface area contributed by atoms with E-state index < -0.39 is 0 Å². The van der Waals surface area contributed by atoms with Gasteiger partial charge in [0, 0.05) is 23.3 Å². The van der Waals surface area contributed by atoms with Crippen molar-refractivity contribution in [3.63, 3.8) is 0 Å². The second-order valence-corrected chi connectivity index (χ2v) is 7.62. The first-order chi connectivity index (χ1) is 14.2. The minimum atomic E-state index is -0.0253. The first-order valence-electron chi connectivity index (χ1n) is 8.89. The van der Waals surface area contributed by atoms with E-state index in [1.807, 2.05) is 28.8 Å². The van der Waals surface area contributed by atoms with Gasteiger partial charge in [-0.05, 0) is 42.5 Å². The number of methoxy groups -OCH3 is 1. The second kappa shape index (κ2) is 8.86. The predicted octanol–water partition coefficient (Wildman–Crippen LogP) is 3.95. The van der Waals surface area contributed by atoms with Crippen LogP contribution in [0.25, 0.3) is 11.4 Å². The van der Waals surface area contributed by atoms with Crippen molar-refractivity contribution in [1.29, 1.82) is 0 Å². The highest BCUT2D eigenvalue weighted by molar-refractivity contribution is 7.99. The Morgan fingerprint density at radius 3 is 2.76 bits per heavy atom. The molecule has 7 nitrogen and oxygen atoms in total. The molecule has 0 fully saturated rings. The van der Waals surface area contributed by atoms with Crippen LogP contribution >= 0.6 is 23.4 Å². The summed E-state index contributed by atoms with van der Waals surface area (Å²) in [4.78, 5) is 12.6. The Morgan fingerprint density at radius 2 is 1.97 bits per heavy atom. The van der Waals surface area contributed by atoms with Crippen molar-refractivity contribution < 1.29 is 19.0 Å². The van der Waals surface area contributed by atoms with Crippen LogP contribution in [0.1, 0.15) is 10.4 Å². The van der Waals surface area contributed by atoms with Gasteiger partial charge in [-0.25, -0.2) is 0 Å². The number of hydrogen-bond acceptors (Lipinski definition) is 7. The van der Waals surface area contributed by atoms with Gasteiger partial charge in [0.25, 0.3) is 0 Å². The fourth-order valence-corrected chi connectivity index (χ4v) is 3.86. The number of carbonyl (C=O) groups is 1. The van der Waals surface area contributed by atoms with E-state index in [-0.39, 0.29) is 18.3 Å². The van der Waals surface area contributed by atoms with Crippen molar-refractivity contribution in [3.8, 4) is 22.9 Å². The molecule has 0 saturated carbocycles. The third kappa shape index (κ3) is 4.39. The molecule has 3 aromatic rings. The van der Waals surface area contributed by atoms with Gasteiger partial charge >= 0.3 is 0 Å². The lowest BCUT2D eigenvalue weighted by Gasteiger charge is -2.10. The van der Waals surface area contributed by atoms with E-state index in [9.17, 15) is 4.79 Å². The summed E-state index contributed by atoms with van der Waals surface area (Å²) in [5.41, 5.74) is 1.47. The van der Waals surface area contributed by atoms with E-state index in [2.05, 4.69) is 10.2 Å². The zero-order valence-electron chi connectivity index (χ0n) is 15.6. The van der Waals surface area contributed by atoms with Gasteiger partial charge in [-0.2, -0.15) is 0 Å². The molecule has 0 bridgehead atoms. The van der Waals surface area contributed by atoms with Gasteiger partial charge in [-0.15, -0.1) is 10.2 Å². The van der Waals surface area contributed by atoms with Crippen molar-refractivity contribution >= 4 is 29.1 Å². The van der Waals surface area contributed by atoms with Gasteiger partial charge < -0.3 is 14.2 Å². The first kappa shape index (κ1) is 19.8. The standard InChI is InChI=1S/C20H18ClN3O4S/c1-26-9-8-24-19(13-2-5-15(21)6-3-13)22-23-20(24)29-11-16(25)14-4-7-17-18(10-14)28-12-27-17/h2-7,10H,8-9,11-12H2,1H3. The number of thioether (sulfide) groups is 1. The van der Waals surface area contributed by atoms with Crippen LogP contribution in [0, 0.1) is 0 Å². The Hall–Kier alpha value is -2.55. The lowest BCUT2D eigenvalue weighted by Crippen LogP contribution is -2.09. The third-order valence-corrected chi connectivity index (χ3v) is 5.58. The SMILES string of the molecule is COCCn1c(SCC(=O)c2ccc3c(c2)OCO3)nnc1-c1ccc(Cl)cc1. The van der Waals surface area contributed by atoms with Crippen LogP contribution in [-0.4, -0.2) is 46.8 Å². The molecule has 2 aromatic carbocycles. The average molecular weight is 432 g/mol. The summed E-state index contributed by atoms with van der Waals surface area (Å²) in [5.74, 6) is 2.15. The summed E-state index contributed by atoms with van der Waals surface area (Å²) in [6, 6.07) is 12.6. The van der Waals surface area contributed by atoms with E-state index in [1.165, 1.54) is 11.8 Å². The van der Waals surface area contributed by atoms with Gasteiger partial charge in [0.2, 0.25) is 6.79 Å². The summed E-state index contributed by atoms with van der Waals surface area (Å²) in [6.45, 7) is 1.25. The lowest BCUT2D eigenvalue weighted by molar-refractivity contribution is 0.102. The predicted molar refractivity (Wildman–Crippen MR) is 110 cm³/mol. The molecule has 1 aromatic heterocycles. The number of Topliss-reactive ketones (excluding diaryl/α,β-unsaturated/α-hetero) is 1. The molecule has 1 aliphatic rings. The summed E-state index contributed by atoms with van der Waals surface area (Å²) in [7, 11) is 1.64. The molecular weight excluding hydrogens is 414 g/mol. The quantitative estimate of drug-likeness (QED) is 0.395. The van der Waals surface area contributed by atoms with E-state index in [4.69, 9.17) is 25.8 Å². The maximum Gasteiger partial charge on any atom is 0.231 e. The number of hydrogen-bond donors (Lipinski definition) is 0. The molecule has 1 aliphatic heterocycles. The summed E-state index contributed by atoms with van der Waals surface area (Å²) >= 11 is 7.32. The van der Waals surface area contributed by atoms with Crippen LogP contribution in [0.15, 0.2) is 47.6 Å². The number of carbonyl (C=O) groups excluding carboxylic acids is 1. The molecule has 0 aliphatic carbocycles. The van der Waals surface area contributed by atoms with E-state index in [1.54, 1.807) is 25.3 Å². The van der Waals surface area contributed by atoms with Crippen molar-refractivity contribution in [2.45, 2.75) is 11.7 Å². The van der Waals surface area contributed by atoms with Crippen molar-refractivity contribution in [2.24, 2.45) is 0 Å². The maximum atomic E-state index is 12.6. The van der Waals surface area contributed by atoms with Gasteiger partial charge in [0.05, 0.1) is 18.9 Å². The van der Waals surface area contributed by atoms with Crippen LogP contribution < -0.4 is 9.47 Å². The number of ether oxygens (including phenoxy) is 3. The Labute approximate surface area is 176 Å². The normalized spacial score (nSPS) is 12.3. The maximum absolute atomic E-state index is 12.6. The lowest BCUT2D eigenvalue weighted by atomic mass is 10.1. The molecule has 2 heterocycles. The minimum absolute atomic E-state index is 0.0253. The van der Waals surface area contributed by atoms with E-state index >= 15 is 0 Å². The van der Waals surface area contributed by atoms with Crippen LogP contribution in [0.3, 0.4) is 0 Å². The number of aromatic nitrogens is 3. The molecule has 0 radical (unpaired) electrons. The number of fused-ring (bicyclic) bond motifs is 1. The zero-order chi connectivity index (χ0) is 20.2. The van der Waals surface area contributed by atoms with Crippen LogP contribution in [-0.2, 0) is 11.3 Å². The molecule has 0 saturated heterocycles. The number of ketones is 1. The highest BCUT2D eigenvalue weighted by Crippen LogP contribution is 2.33. The number of benzene rings is 2. The highest BCUT2D eigenvalue weighted by Gasteiger charge is 2.19. The molecule has 0 N–H and O–H groups in total. The first-order valence-corrected chi connectivity index (χ1v) is 10.3. The Kier molecular flexibility index (Phi) is 6.03. The zero-order valence-corrected chi connectivity index (χ0v) is 17.2. The fourth-order valence-electron chi connectivity index (χ4n) is 2.88.